The number of rotatable bonds is 11. The van der Waals surface area contributed by atoms with Crippen LogP contribution in [0.5, 0.6) is 5.75 Å². The second-order valence-electron chi connectivity index (χ2n) is 7.19. The van der Waals surface area contributed by atoms with Gasteiger partial charge in [0.1, 0.15) is 16.5 Å². The zero-order chi connectivity index (χ0) is 23.5. The molecule has 0 aliphatic rings. The zero-order valence-corrected chi connectivity index (χ0v) is 19.6. The molecule has 3 rings (SSSR count). The van der Waals surface area contributed by atoms with Crippen LogP contribution in [0.3, 0.4) is 0 Å². The van der Waals surface area contributed by atoms with Crippen molar-refractivity contribution in [3.8, 4) is 5.75 Å². The van der Waals surface area contributed by atoms with E-state index in [0.717, 1.165) is 12.0 Å². The molecule has 9 heteroatoms. The number of carbonyl (C=O) groups is 2. The van der Waals surface area contributed by atoms with Crippen molar-refractivity contribution in [2.45, 2.75) is 13.0 Å². The van der Waals surface area contributed by atoms with Crippen LogP contribution in [0.25, 0.3) is 0 Å². The molecule has 0 fully saturated rings. The number of benzene rings is 2. The lowest BCUT2D eigenvalue weighted by Crippen LogP contribution is -2.36. The SMILES string of the molecule is COCCN(Cc1nc(C(=O)NCCc2ccccc2)cs1)C(=O)Nc1ccc(OC)cc1. The first-order chi connectivity index (χ1) is 16.1. The molecule has 0 spiro atoms. The van der Waals surface area contributed by atoms with Gasteiger partial charge in [-0.1, -0.05) is 30.3 Å². The maximum absolute atomic E-state index is 12.8. The second-order valence-corrected chi connectivity index (χ2v) is 8.13. The number of hydrogen-bond donors (Lipinski definition) is 2. The quantitative estimate of drug-likeness (QED) is 0.447. The minimum Gasteiger partial charge on any atom is -0.497 e. The van der Waals surface area contributed by atoms with Gasteiger partial charge in [-0.3, -0.25) is 4.79 Å². The lowest BCUT2D eigenvalue weighted by Gasteiger charge is -2.22. The van der Waals surface area contributed by atoms with Crippen LogP contribution in [-0.4, -0.2) is 55.7 Å². The molecule has 2 aromatic carbocycles. The fourth-order valence-corrected chi connectivity index (χ4v) is 3.83. The molecule has 0 aliphatic heterocycles. The van der Waals surface area contributed by atoms with Crippen LogP contribution in [0.15, 0.2) is 60.0 Å². The van der Waals surface area contributed by atoms with Crippen molar-refractivity contribution in [3.05, 3.63) is 76.2 Å². The fourth-order valence-electron chi connectivity index (χ4n) is 3.04. The van der Waals surface area contributed by atoms with Gasteiger partial charge < -0.3 is 25.0 Å². The predicted octanol–water partition coefficient (Wildman–Crippen LogP) is 3.80. The zero-order valence-electron chi connectivity index (χ0n) is 18.7. The highest BCUT2D eigenvalue weighted by Crippen LogP contribution is 2.17. The smallest absolute Gasteiger partial charge is 0.322 e. The van der Waals surface area contributed by atoms with Gasteiger partial charge in [0.2, 0.25) is 0 Å². The number of nitrogens with zero attached hydrogens (tertiary/aromatic N) is 2. The molecule has 0 radical (unpaired) electrons. The molecular formula is C24H28N4O4S. The van der Waals surface area contributed by atoms with Crippen molar-refractivity contribution in [1.29, 1.82) is 0 Å². The molecule has 174 valence electrons. The molecule has 0 unspecified atom stereocenters. The summed E-state index contributed by atoms with van der Waals surface area (Å²) < 4.78 is 10.3. The van der Waals surface area contributed by atoms with Gasteiger partial charge in [0.05, 0.1) is 20.3 Å². The molecule has 1 heterocycles. The fraction of sp³-hybridized carbons (Fsp3) is 0.292. The van der Waals surface area contributed by atoms with Gasteiger partial charge in [0.25, 0.3) is 5.91 Å². The minimum atomic E-state index is -0.277. The minimum absolute atomic E-state index is 0.223. The van der Waals surface area contributed by atoms with E-state index in [9.17, 15) is 9.59 Å². The molecule has 0 atom stereocenters. The molecule has 0 saturated carbocycles. The number of thiazole rings is 1. The van der Waals surface area contributed by atoms with Gasteiger partial charge in [-0.05, 0) is 36.2 Å². The largest absolute Gasteiger partial charge is 0.497 e. The van der Waals surface area contributed by atoms with Crippen LogP contribution in [0.4, 0.5) is 10.5 Å². The third kappa shape index (κ3) is 7.58. The summed E-state index contributed by atoms with van der Waals surface area (Å²) in [6.45, 7) is 1.57. The summed E-state index contributed by atoms with van der Waals surface area (Å²) >= 11 is 1.35. The van der Waals surface area contributed by atoms with Crippen molar-refractivity contribution in [1.82, 2.24) is 15.2 Å². The van der Waals surface area contributed by atoms with Gasteiger partial charge in [-0.2, -0.15) is 0 Å². The van der Waals surface area contributed by atoms with E-state index in [1.165, 1.54) is 11.3 Å². The number of anilines is 1. The van der Waals surface area contributed by atoms with Gasteiger partial charge in [-0.25, -0.2) is 9.78 Å². The molecule has 3 aromatic rings. The van der Waals surface area contributed by atoms with E-state index in [2.05, 4.69) is 15.6 Å². The number of hydrogen-bond acceptors (Lipinski definition) is 6. The number of methoxy groups -OCH3 is 2. The first-order valence-corrected chi connectivity index (χ1v) is 11.4. The summed E-state index contributed by atoms with van der Waals surface area (Å²) in [6, 6.07) is 16.8. The Bertz CT molecular complexity index is 1020. The third-order valence-electron chi connectivity index (χ3n) is 4.85. The predicted molar refractivity (Wildman–Crippen MR) is 129 cm³/mol. The number of nitrogens with one attached hydrogen (secondary N) is 2. The normalized spacial score (nSPS) is 10.5. The molecule has 1 aromatic heterocycles. The van der Waals surface area contributed by atoms with Crippen LogP contribution in [0.2, 0.25) is 0 Å². The Morgan fingerprint density at radius 1 is 1.06 bits per heavy atom. The van der Waals surface area contributed by atoms with Crippen LogP contribution in [0, 0.1) is 0 Å². The molecule has 0 aliphatic carbocycles. The average Bonchev–Trinajstić information content (AvgIpc) is 3.31. The molecule has 8 nitrogen and oxygen atoms in total. The van der Waals surface area contributed by atoms with Crippen molar-refractivity contribution in [2.75, 3.05) is 39.2 Å². The Morgan fingerprint density at radius 2 is 1.82 bits per heavy atom. The van der Waals surface area contributed by atoms with E-state index in [1.807, 2.05) is 30.3 Å². The topological polar surface area (TPSA) is 92.8 Å². The number of aromatic nitrogens is 1. The summed E-state index contributed by atoms with van der Waals surface area (Å²) in [5.41, 5.74) is 2.17. The monoisotopic (exact) mass is 468 g/mol. The maximum atomic E-state index is 12.8. The van der Waals surface area contributed by atoms with E-state index in [-0.39, 0.29) is 18.5 Å². The van der Waals surface area contributed by atoms with Crippen molar-refractivity contribution < 1.29 is 19.1 Å². The number of ether oxygens (including phenoxy) is 2. The molecular weight excluding hydrogens is 440 g/mol. The van der Waals surface area contributed by atoms with E-state index < -0.39 is 0 Å². The summed E-state index contributed by atoms with van der Waals surface area (Å²) in [5, 5.41) is 8.15. The number of carbonyl (C=O) groups excluding carboxylic acids is 2. The van der Waals surface area contributed by atoms with Crippen LogP contribution in [-0.2, 0) is 17.7 Å². The van der Waals surface area contributed by atoms with Gasteiger partial charge in [-0.15, -0.1) is 11.3 Å². The highest BCUT2D eigenvalue weighted by molar-refractivity contribution is 7.09. The standard InChI is InChI=1S/C24H28N4O4S/c1-31-15-14-28(24(30)26-19-8-10-20(32-2)11-9-19)16-22-27-21(17-33-22)23(29)25-13-12-18-6-4-3-5-7-18/h3-11,17H,12-16H2,1-2H3,(H,25,29)(H,26,30). The molecule has 2 N–H and O–H groups in total. The Hall–Kier alpha value is -3.43. The Morgan fingerprint density at radius 3 is 2.52 bits per heavy atom. The highest BCUT2D eigenvalue weighted by atomic mass is 32.1. The Labute approximate surface area is 197 Å². The second kappa shape index (κ2) is 12.6. The number of amides is 3. The van der Waals surface area contributed by atoms with Crippen molar-refractivity contribution >= 4 is 29.0 Å². The van der Waals surface area contributed by atoms with E-state index in [1.54, 1.807) is 48.8 Å². The van der Waals surface area contributed by atoms with Crippen molar-refractivity contribution in [3.63, 3.8) is 0 Å². The van der Waals surface area contributed by atoms with E-state index in [0.29, 0.717) is 41.8 Å². The van der Waals surface area contributed by atoms with Gasteiger partial charge >= 0.3 is 6.03 Å². The Kier molecular flexibility index (Phi) is 9.22. The highest BCUT2D eigenvalue weighted by Gasteiger charge is 2.18. The third-order valence-corrected chi connectivity index (χ3v) is 5.68. The van der Waals surface area contributed by atoms with Crippen LogP contribution < -0.4 is 15.4 Å². The Balaban J connectivity index is 1.56. The van der Waals surface area contributed by atoms with E-state index in [4.69, 9.17) is 9.47 Å². The lowest BCUT2D eigenvalue weighted by molar-refractivity contribution is 0.0949. The van der Waals surface area contributed by atoms with Gasteiger partial charge in [0.15, 0.2) is 0 Å². The van der Waals surface area contributed by atoms with E-state index >= 15 is 0 Å². The van der Waals surface area contributed by atoms with Crippen LogP contribution >= 0.6 is 11.3 Å². The first-order valence-electron chi connectivity index (χ1n) is 10.5. The lowest BCUT2D eigenvalue weighted by atomic mass is 10.1. The summed E-state index contributed by atoms with van der Waals surface area (Å²) in [7, 11) is 3.17. The molecule has 0 bridgehead atoms. The first kappa shape index (κ1) is 24.2. The summed E-state index contributed by atoms with van der Waals surface area (Å²) in [6.07, 6.45) is 0.750. The van der Waals surface area contributed by atoms with Crippen LogP contribution in [0.1, 0.15) is 21.1 Å². The average molecular weight is 469 g/mol. The van der Waals surface area contributed by atoms with Gasteiger partial charge in [0, 0.05) is 31.3 Å². The number of urea groups is 1. The summed E-state index contributed by atoms with van der Waals surface area (Å²) in [5.74, 6) is 0.487. The molecule has 33 heavy (non-hydrogen) atoms. The molecule has 3 amide bonds. The summed E-state index contributed by atoms with van der Waals surface area (Å²) in [4.78, 5) is 31.3. The van der Waals surface area contributed by atoms with Crippen molar-refractivity contribution in [2.24, 2.45) is 0 Å². The maximum Gasteiger partial charge on any atom is 0.322 e. The molecule has 0 saturated heterocycles.